The molecule has 3 rings (SSSR count). The van der Waals surface area contributed by atoms with Gasteiger partial charge in [-0.3, -0.25) is 19.4 Å². The number of H-pyrrole nitrogens is 1. The molecule has 1 aromatic heterocycles. The Bertz CT molecular complexity index is 1190. The molecule has 0 unspecified atom stereocenters. The molecule has 9 heteroatoms. The zero-order valence-corrected chi connectivity index (χ0v) is 19.2. The van der Waals surface area contributed by atoms with Gasteiger partial charge in [-0.1, -0.05) is 62.0 Å². The van der Waals surface area contributed by atoms with Gasteiger partial charge in [0.05, 0.1) is 11.4 Å². The molecule has 0 atom stereocenters. The van der Waals surface area contributed by atoms with Crippen LogP contribution in [0.4, 0.5) is 11.4 Å². The van der Waals surface area contributed by atoms with E-state index in [-0.39, 0.29) is 34.3 Å². The molecule has 0 saturated carbocycles. The Morgan fingerprint density at radius 2 is 1.69 bits per heavy atom. The van der Waals surface area contributed by atoms with Crippen molar-refractivity contribution in [3.63, 3.8) is 0 Å². The number of nitrogens with one attached hydrogen (secondary N) is 3. The van der Waals surface area contributed by atoms with E-state index >= 15 is 0 Å². The fraction of sp³-hybridized carbons (Fsp3) is 0.261. The van der Waals surface area contributed by atoms with Gasteiger partial charge in [-0.15, -0.1) is 10.2 Å². The largest absolute Gasteiger partial charge is 0.325 e. The number of rotatable bonds is 7. The van der Waals surface area contributed by atoms with E-state index in [1.807, 2.05) is 32.0 Å². The number of carbonyl (C=O) groups is 2. The van der Waals surface area contributed by atoms with Crippen LogP contribution in [0.25, 0.3) is 11.3 Å². The molecule has 2 amide bonds. The van der Waals surface area contributed by atoms with Crippen LogP contribution in [-0.4, -0.2) is 32.7 Å². The summed E-state index contributed by atoms with van der Waals surface area (Å²) in [5.74, 6) is -0.510. The molecule has 2 aromatic carbocycles. The Hall–Kier alpha value is -3.46. The zero-order chi connectivity index (χ0) is 23.3. The quantitative estimate of drug-likeness (QED) is 0.471. The van der Waals surface area contributed by atoms with Crippen molar-refractivity contribution < 1.29 is 9.59 Å². The highest BCUT2D eigenvalue weighted by molar-refractivity contribution is 7.99. The number of benzene rings is 2. The molecule has 8 nitrogen and oxygen atoms in total. The van der Waals surface area contributed by atoms with Gasteiger partial charge in [0.2, 0.25) is 11.8 Å². The van der Waals surface area contributed by atoms with Gasteiger partial charge in [-0.25, -0.2) is 0 Å². The lowest BCUT2D eigenvalue weighted by Gasteiger charge is -2.12. The van der Waals surface area contributed by atoms with Crippen LogP contribution in [0.3, 0.4) is 0 Å². The Kier molecular flexibility index (Phi) is 7.42. The van der Waals surface area contributed by atoms with Crippen molar-refractivity contribution in [2.75, 3.05) is 16.4 Å². The third-order valence-corrected chi connectivity index (χ3v) is 5.59. The maximum Gasteiger partial charge on any atom is 0.278 e. The Morgan fingerprint density at radius 1 is 1.00 bits per heavy atom. The lowest BCUT2D eigenvalue weighted by atomic mass is 10.1. The fourth-order valence-corrected chi connectivity index (χ4v) is 3.56. The van der Waals surface area contributed by atoms with Gasteiger partial charge in [-0.05, 0) is 31.0 Å². The molecule has 0 aliphatic carbocycles. The molecule has 0 aliphatic rings. The average molecular weight is 452 g/mol. The number of aromatic amines is 1. The van der Waals surface area contributed by atoms with Crippen molar-refractivity contribution in [3.8, 4) is 11.3 Å². The first-order valence-corrected chi connectivity index (χ1v) is 11.1. The van der Waals surface area contributed by atoms with Crippen molar-refractivity contribution in [1.29, 1.82) is 0 Å². The van der Waals surface area contributed by atoms with Crippen molar-refractivity contribution >= 4 is 35.0 Å². The normalized spacial score (nSPS) is 10.8. The number of aromatic nitrogens is 3. The van der Waals surface area contributed by atoms with Gasteiger partial charge in [-0.2, -0.15) is 0 Å². The standard InChI is InChI=1S/C23H25N5O3S/c1-13(2)21(30)24-17-11-6-5-10-16(17)20-22(31)26-23(28-27-20)32-12-18(29)25-19-14(3)8-7-9-15(19)4/h5-11,13H,12H2,1-4H3,(H,24,30)(H,25,29)(H,26,28,31). The van der Waals surface area contributed by atoms with Crippen LogP contribution in [-0.2, 0) is 9.59 Å². The van der Waals surface area contributed by atoms with Crippen molar-refractivity contribution in [3.05, 3.63) is 63.9 Å². The van der Waals surface area contributed by atoms with E-state index < -0.39 is 5.56 Å². The minimum atomic E-state index is -0.455. The van der Waals surface area contributed by atoms with Crippen molar-refractivity contribution in [1.82, 2.24) is 15.2 Å². The average Bonchev–Trinajstić information content (AvgIpc) is 2.75. The van der Waals surface area contributed by atoms with E-state index in [0.29, 0.717) is 11.3 Å². The monoisotopic (exact) mass is 451 g/mol. The molecule has 166 valence electrons. The van der Waals surface area contributed by atoms with Gasteiger partial charge < -0.3 is 10.6 Å². The highest BCUT2D eigenvalue weighted by Crippen LogP contribution is 2.25. The summed E-state index contributed by atoms with van der Waals surface area (Å²) in [6, 6.07) is 12.7. The zero-order valence-electron chi connectivity index (χ0n) is 18.4. The van der Waals surface area contributed by atoms with Crippen molar-refractivity contribution in [2.24, 2.45) is 5.92 Å². The molecule has 3 N–H and O–H groups in total. The topological polar surface area (TPSA) is 117 Å². The molecular formula is C23H25N5O3S. The molecular weight excluding hydrogens is 426 g/mol. The number of para-hydroxylation sites is 2. The summed E-state index contributed by atoms with van der Waals surface area (Å²) in [5, 5.41) is 14.0. The molecule has 0 bridgehead atoms. The third-order valence-electron chi connectivity index (χ3n) is 4.73. The van der Waals surface area contributed by atoms with Gasteiger partial charge >= 0.3 is 0 Å². The predicted molar refractivity (Wildman–Crippen MR) is 127 cm³/mol. The second kappa shape index (κ2) is 10.2. The van der Waals surface area contributed by atoms with Crippen LogP contribution in [0, 0.1) is 19.8 Å². The van der Waals surface area contributed by atoms with E-state index in [9.17, 15) is 14.4 Å². The van der Waals surface area contributed by atoms with Crippen LogP contribution in [0.1, 0.15) is 25.0 Å². The number of anilines is 2. The fourth-order valence-electron chi connectivity index (χ4n) is 2.96. The minimum absolute atomic E-state index is 0.0682. The first-order valence-electron chi connectivity index (χ1n) is 10.1. The van der Waals surface area contributed by atoms with Gasteiger partial charge in [0.1, 0.15) is 0 Å². The minimum Gasteiger partial charge on any atom is -0.325 e. The van der Waals surface area contributed by atoms with Crippen LogP contribution in [0.2, 0.25) is 0 Å². The lowest BCUT2D eigenvalue weighted by Crippen LogP contribution is -2.20. The summed E-state index contributed by atoms with van der Waals surface area (Å²) in [5.41, 5.74) is 3.33. The van der Waals surface area contributed by atoms with E-state index in [2.05, 4.69) is 25.8 Å². The summed E-state index contributed by atoms with van der Waals surface area (Å²) in [6.45, 7) is 7.43. The Balaban J connectivity index is 1.72. The molecule has 0 radical (unpaired) electrons. The van der Waals surface area contributed by atoms with Crippen LogP contribution < -0.4 is 16.2 Å². The molecule has 0 aliphatic heterocycles. The van der Waals surface area contributed by atoms with E-state index in [1.165, 1.54) is 0 Å². The Labute approximate surface area is 190 Å². The number of hydrogen-bond donors (Lipinski definition) is 3. The van der Waals surface area contributed by atoms with E-state index in [1.54, 1.807) is 38.1 Å². The number of thioether (sulfide) groups is 1. The number of hydrogen-bond acceptors (Lipinski definition) is 6. The molecule has 0 spiro atoms. The van der Waals surface area contributed by atoms with Crippen LogP contribution in [0.15, 0.2) is 52.4 Å². The second-order valence-corrected chi connectivity index (χ2v) is 8.57. The van der Waals surface area contributed by atoms with Gasteiger partial charge in [0, 0.05) is 17.2 Å². The van der Waals surface area contributed by atoms with E-state index in [4.69, 9.17) is 0 Å². The Morgan fingerprint density at radius 3 is 2.34 bits per heavy atom. The summed E-state index contributed by atoms with van der Waals surface area (Å²) in [7, 11) is 0. The highest BCUT2D eigenvalue weighted by Gasteiger charge is 2.16. The smallest absolute Gasteiger partial charge is 0.278 e. The maximum absolute atomic E-state index is 12.7. The van der Waals surface area contributed by atoms with E-state index in [0.717, 1.165) is 28.6 Å². The molecule has 0 fully saturated rings. The number of aryl methyl sites for hydroxylation is 2. The summed E-state index contributed by atoms with van der Waals surface area (Å²) >= 11 is 1.09. The summed E-state index contributed by atoms with van der Waals surface area (Å²) < 4.78 is 0. The number of carbonyl (C=O) groups excluding carboxylic acids is 2. The second-order valence-electron chi connectivity index (χ2n) is 7.60. The third kappa shape index (κ3) is 5.61. The maximum atomic E-state index is 12.7. The SMILES string of the molecule is Cc1cccc(C)c1NC(=O)CSc1nnc(-c2ccccc2NC(=O)C(C)C)c(=O)[nH]1. The van der Waals surface area contributed by atoms with Crippen LogP contribution >= 0.6 is 11.8 Å². The lowest BCUT2D eigenvalue weighted by molar-refractivity contribution is -0.119. The molecule has 1 heterocycles. The predicted octanol–water partition coefficient (Wildman–Crippen LogP) is 3.77. The number of amides is 2. The molecule has 3 aromatic rings. The summed E-state index contributed by atoms with van der Waals surface area (Å²) in [4.78, 5) is 39.7. The number of nitrogens with zero attached hydrogens (tertiary/aromatic N) is 2. The van der Waals surface area contributed by atoms with Gasteiger partial charge in [0.25, 0.3) is 5.56 Å². The molecule has 32 heavy (non-hydrogen) atoms. The summed E-state index contributed by atoms with van der Waals surface area (Å²) in [6.07, 6.45) is 0. The first kappa shape index (κ1) is 23.2. The van der Waals surface area contributed by atoms with Crippen molar-refractivity contribution in [2.45, 2.75) is 32.9 Å². The first-order chi connectivity index (χ1) is 15.3. The van der Waals surface area contributed by atoms with Crippen LogP contribution in [0.5, 0.6) is 0 Å². The highest BCUT2D eigenvalue weighted by atomic mass is 32.2. The molecule has 0 saturated heterocycles. The van der Waals surface area contributed by atoms with Gasteiger partial charge in [0.15, 0.2) is 10.9 Å².